The molecule has 0 unspecified atom stereocenters. The molecule has 1 amide bonds. The van der Waals surface area contributed by atoms with Gasteiger partial charge in [-0.05, 0) is 35.4 Å². The van der Waals surface area contributed by atoms with E-state index in [9.17, 15) is 4.79 Å². The fraction of sp³-hybridized carbons (Fsp3) is 0.316. The molecule has 132 valence electrons. The summed E-state index contributed by atoms with van der Waals surface area (Å²) in [5.41, 5.74) is 2.10. The van der Waals surface area contributed by atoms with Crippen LogP contribution in [0.5, 0.6) is 17.2 Å². The molecule has 2 aromatic carbocycles. The molecule has 0 bridgehead atoms. The quantitative estimate of drug-likeness (QED) is 0.790. The Kier molecular flexibility index (Phi) is 5.38. The van der Waals surface area contributed by atoms with Crippen molar-refractivity contribution in [3.8, 4) is 17.2 Å². The van der Waals surface area contributed by atoms with E-state index in [0.717, 1.165) is 16.9 Å². The molecule has 3 rings (SSSR count). The lowest BCUT2D eigenvalue weighted by molar-refractivity contribution is -0.128. The summed E-state index contributed by atoms with van der Waals surface area (Å²) in [4.78, 5) is 14.3. The molecule has 0 spiro atoms. The van der Waals surface area contributed by atoms with Gasteiger partial charge in [-0.1, -0.05) is 18.2 Å². The first-order chi connectivity index (χ1) is 12.2. The second kappa shape index (κ2) is 7.70. The van der Waals surface area contributed by atoms with Gasteiger partial charge >= 0.3 is 0 Å². The Morgan fingerprint density at radius 3 is 2.36 bits per heavy atom. The Hall–Kier alpha value is -2.34. The summed E-state index contributed by atoms with van der Waals surface area (Å²) in [5, 5.41) is -0.0330. The van der Waals surface area contributed by atoms with Gasteiger partial charge in [0.1, 0.15) is 11.1 Å². The molecule has 1 aliphatic rings. The van der Waals surface area contributed by atoms with Gasteiger partial charge in [0, 0.05) is 6.54 Å². The molecule has 5 nitrogen and oxygen atoms in total. The summed E-state index contributed by atoms with van der Waals surface area (Å²) in [6.45, 7) is 0.564. The summed E-state index contributed by atoms with van der Waals surface area (Å²) < 4.78 is 15.9. The molecule has 0 aromatic heterocycles. The normalized spacial score (nSPS) is 16.8. The number of carbonyl (C=O) groups excluding carboxylic acids is 1. The third-order valence-corrected chi connectivity index (χ3v) is 5.43. The van der Waals surface area contributed by atoms with Crippen LogP contribution in [-0.2, 0) is 11.3 Å². The van der Waals surface area contributed by atoms with E-state index in [1.807, 2.05) is 47.4 Å². The van der Waals surface area contributed by atoms with E-state index in [0.29, 0.717) is 23.8 Å². The van der Waals surface area contributed by atoms with Crippen molar-refractivity contribution in [1.82, 2.24) is 4.90 Å². The predicted molar refractivity (Wildman–Crippen MR) is 98.3 cm³/mol. The van der Waals surface area contributed by atoms with Gasteiger partial charge in [-0.15, -0.1) is 11.8 Å². The van der Waals surface area contributed by atoms with Gasteiger partial charge in [-0.3, -0.25) is 4.79 Å². The largest absolute Gasteiger partial charge is 0.497 e. The smallest absolute Gasteiger partial charge is 0.234 e. The lowest BCUT2D eigenvalue weighted by atomic mass is 10.1. The minimum absolute atomic E-state index is 0.0330. The molecule has 2 aromatic rings. The molecule has 0 N–H and O–H groups in total. The van der Waals surface area contributed by atoms with Crippen molar-refractivity contribution < 1.29 is 19.0 Å². The van der Waals surface area contributed by atoms with Crippen LogP contribution >= 0.6 is 11.8 Å². The second-order valence-corrected chi connectivity index (χ2v) is 6.72. The third-order valence-electron chi connectivity index (χ3n) is 4.17. The van der Waals surface area contributed by atoms with E-state index in [4.69, 9.17) is 14.2 Å². The standard InChI is InChI=1S/C19H21NO4S/c1-22-15-7-4-13(5-8-15)11-20-18(21)12-25-19(20)14-6-9-16(23-2)17(10-14)24-3/h4-10,19H,11-12H2,1-3H3/t19-/m0/s1. The zero-order valence-electron chi connectivity index (χ0n) is 14.5. The van der Waals surface area contributed by atoms with E-state index >= 15 is 0 Å². The monoisotopic (exact) mass is 359 g/mol. The highest BCUT2D eigenvalue weighted by Gasteiger charge is 2.33. The van der Waals surface area contributed by atoms with Crippen LogP contribution < -0.4 is 14.2 Å². The van der Waals surface area contributed by atoms with Crippen molar-refractivity contribution >= 4 is 17.7 Å². The number of nitrogens with zero attached hydrogens (tertiary/aromatic N) is 1. The van der Waals surface area contributed by atoms with Gasteiger partial charge in [0.15, 0.2) is 11.5 Å². The Labute approximate surface area is 151 Å². The average Bonchev–Trinajstić information content (AvgIpc) is 3.02. The van der Waals surface area contributed by atoms with Crippen LogP contribution in [0.3, 0.4) is 0 Å². The maximum Gasteiger partial charge on any atom is 0.234 e. The SMILES string of the molecule is COc1ccc(CN2C(=O)CS[C@H]2c2ccc(OC)c(OC)c2)cc1. The second-order valence-electron chi connectivity index (χ2n) is 5.65. The van der Waals surface area contributed by atoms with Crippen molar-refractivity contribution in [2.24, 2.45) is 0 Å². The highest BCUT2D eigenvalue weighted by Crippen LogP contribution is 2.42. The first-order valence-corrected chi connectivity index (χ1v) is 8.97. The Morgan fingerprint density at radius 1 is 1.00 bits per heavy atom. The van der Waals surface area contributed by atoms with Crippen LogP contribution in [0.1, 0.15) is 16.5 Å². The van der Waals surface area contributed by atoms with Crippen molar-refractivity contribution in [2.45, 2.75) is 11.9 Å². The number of thioether (sulfide) groups is 1. The number of methoxy groups -OCH3 is 3. The highest BCUT2D eigenvalue weighted by molar-refractivity contribution is 8.00. The van der Waals surface area contributed by atoms with Gasteiger partial charge in [0.2, 0.25) is 5.91 Å². The Morgan fingerprint density at radius 2 is 1.72 bits per heavy atom. The molecule has 1 heterocycles. The molecule has 0 radical (unpaired) electrons. The number of amides is 1. The molecular weight excluding hydrogens is 338 g/mol. The number of ether oxygens (including phenoxy) is 3. The first kappa shape index (κ1) is 17.5. The maximum atomic E-state index is 12.4. The van der Waals surface area contributed by atoms with E-state index < -0.39 is 0 Å². The fourth-order valence-electron chi connectivity index (χ4n) is 2.84. The topological polar surface area (TPSA) is 48.0 Å². The molecule has 1 aliphatic heterocycles. The molecule has 0 aliphatic carbocycles. The van der Waals surface area contributed by atoms with Crippen molar-refractivity contribution in [3.05, 3.63) is 53.6 Å². The number of rotatable bonds is 6. The van der Waals surface area contributed by atoms with E-state index in [2.05, 4.69) is 0 Å². The number of benzene rings is 2. The van der Waals surface area contributed by atoms with Crippen molar-refractivity contribution in [1.29, 1.82) is 0 Å². The number of carbonyl (C=O) groups is 1. The van der Waals surface area contributed by atoms with Gasteiger partial charge < -0.3 is 19.1 Å². The fourth-order valence-corrected chi connectivity index (χ4v) is 4.01. The summed E-state index contributed by atoms with van der Waals surface area (Å²) in [5.74, 6) is 2.78. The lowest BCUT2D eigenvalue weighted by Gasteiger charge is -2.25. The van der Waals surface area contributed by atoms with Gasteiger partial charge in [0.05, 0.1) is 27.1 Å². The first-order valence-electron chi connectivity index (χ1n) is 7.92. The van der Waals surface area contributed by atoms with E-state index in [1.165, 1.54) is 0 Å². The number of hydrogen-bond acceptors (Lipinski definition) is 5. The summed E-state index contributed by atoms with van der Waals surface area (Å²) in [6, 6.07) is 13.6. The van der Waals surface area contributed by atoms with Crippen LogP contribution in [0.15, 0.2) is 42.5 Å². The molecule has 25 heavy (non-hydrogen) atoms. The molecule has 0 saturated carbocycles. The van der Waals surface area contributed by atoms with Crippen molar-refractivity contribution in [2.75, 3.05) is 27.1 Å². The van der Waals surface area contributed by atoms with Crippen molar-refractivity contribution in [3.63, 3.8) is 0 Å². The third kappa shape index (κ3) is 3.69. The van der Waals surface area contributed by atoms with Gasteiger partial charge in [0.25, 0.3) is 0 Å². The zero-order valence-corrected chi connectivity index (χ0v) is 15.3. The van der Waals surface area contributed by atoms with Crippen LogP contribution in [0, 0.1) is 0 Å². The Balaban J connectivity index is 1.83. The predicted octanol–water partition coefficient (Wildman–Crippen LogP) is 3.49. The van der Waals surface area contributed by atoms with Gasteiger partial charge in [-0.25, -0.2) is 0 Å². The zero-order chi connectivity index (χ0) is 17.8. The minimum atomic E-state index is -0.0330. The minimum Gasteiger partial charge on any atom is -0.497 e. The molecule has 1 fully saturated rings. The summed E-state index contributed by atoms with van der Waals surface area (Å²) in [7, 11) is 4.87. The van der Waals surface area contributed by atoms with Gasteiger partial charge in [-0.2, -0.15) is 0 Å². The van der Waals surface area contributed by atoms with Crippen LogP contribution in [-0.4, -0.2) is 37.9 Å². The summed E-state index contributed by atoms with van der Waals surface area (Å²) in [6.07, 6.45) is 0. The number of hydrogen-bond donors (Lipinski definition) is 0. The molecule has 1 atom stereocenters. The molecular formula is C19H21NO4S. The Bertz CT molecular complexity index is 748. The average molecular weight is 359 g/mol. The maximum absolute atomic E-state index is 12.4. The van der Waals surface area contributed by atoms with Crippen LogP contribution in [0.2, 0.25) is 0 Å². The highest BCUT2D eigenvalue weighted by atomic mass is 32.2. The lowest BCUT2D eigenvalue weighted by Crippen LogP contribution is -2.27. The molecule has 6 heteroatoms. The van der Waals surface area contributed by atoms with Crippen LogP contribution in [0.4, 0.5) is 0 Å². The van der Waals surface area contributed by atoms with E-state index in [1.54, 1.807) is 33.1 Å². The molecule has 1 saturated heterocycles. The summed E-state index contributed by atoms with van der Waals surface area (Å²) >= 11 is 1.63. The van der Waals surface area contributed by atoms with Crippen LogP contribution in [0.25, 0.3) is 0 Å². The van der Waals surface area contributed by atoms with E-state index in [-0.39, 0.29) is 11.3 Å².